The van der Waals surface area contributed by atoms with Gasteiger partial charge in [0.25, 0.3) is 5.91 Å². The maximum atomic E-state index is 13.5. The van der Waals surface area contributed by atoms with Gasteiger partial charge in [-0.15, -0.1) is 0 Å². The predicted octanol–water partition coefficient (Wildman–Crippen LogP) is 8.42. The van der Waals surface area contributed by atoms with Crippen molar-refractivity contribution in [3.8, 4) is 28.3 Å². The van der Waals surface area contributed by atoms with E-state index in [-0.39, 0.29) is 17.2 Å². The Morgan fingerprint density at radius 2 is 1.42 bits per heavy atom. The summed E-state index contributed by atoms with van der Waals surface area (Å²) >= 11 is 0. The Balaban J connectivity index is 1.21. The highest BCUT2D eigenvalue weighted by Crippen LogP contribution is 2.25. The first-order valence-corrected chi connectivity index (χ1v) is 17.6. The standard InChI is InChI=1S/C41H50N4O3/c1-5-6-7-8-11-26-48-36-22-18-31(19-23-36)34-28-42-38(43-29-34)32-14-12-30(13-15-32)27-37(40(47)45-24-9-10-25-45)44-39(46)33-16-20-35(21-17-33)41(2,3)4/h12-23,28-29,37H,5-11,24-27H2,1-4H3,(H,44,46). The predicted molar refractivity (Wildman–Crippen MR) is 193 cm³/mol. The van der Waals surface area contributed by atoms with Crippen molar-refractivity contribution in [2.24, 2.45) is 0 Å². The van der Waals surface area contributed by atoms with Gasteiger partial charge in [-0.25, -0.2) is 9.97 Å². The molecule has 0 radical (unpaired) electrons. The van der Waals surface area contributed by atoms with E-state index in [1.54, 1.807) is 0 Å². The molecule has 1 N–H and O–H groups in total. The van der Waals surface area contributed by atoms with E-state index in [1.807, 2.05) is 90.1 Å². The van der Waals surface area contributed by atoms with Crippen LogP contribution >= 0.6 is 0 Å². The molecule has 5 rings (SSSR count). The Hall–Kier alpha value is -4.52. The Morgan fingerprint density at radius 3 is 2.04 bits per heavy atom. The van der Waals surface area contributed by atoms with E-state index in [4.69, 9.17) is 4.74 Å². The number of aromatic nitrogens is 2. The molecule has 7 nitrogen and oxygen atoms in total. The summed E-state index contributed by atoms with van der Waals surface area (Å²) in [5.74, 6) is 1.24. The Labute approximate surface area is 286 Å². The van der Waals surface area contributed by atoms with Gasteiger partial charge in [0.15, 0.2) is 5.82 Å². The summed E-state index contributed by atoms with van der Waals surface area (Å²) < 4.78 is 5.91. The topological polar surface area (TPSA) is 84.4 Å². The molecule has 1 aliphatic rings. The number of ether oxygens (including phenoxy) is 1. The van der Waals surface area contributed by atoms with E-state index in [0.717, 1.165) is 72.5 Å². The average molecular weight is 647 g/mol. The summed E-state index contributed by atoms with van der Waals surface area (Å²) in [5, 5.41) is 3.04. The van der Waals surface area contributed by atoms with Crippen molar-refractivity contribution >= 4 is 11.8 Å². The second-order valence-corrected chi connectivity index (χ2v) is 13.9. The number of benzene rings is 3. The van der Waals surface area contributed by atoms with Crippen molar-refractivity contribution < 1.29 is 14.3 Å². The van der Waals surface area contributed by atoms with Gasteiger partial charge in [-0.1, -0.05) is 102 Å². The van der Waals surface area contributed by atoms with Gasteiger partial charge in [-0.05, 0) is 65.6 Å². The van der Waals surface area contributed by atoms with Crippen LogP contribution in [-0.2, 0) is 16.6 Å². The van der Waals surface area contributed by atoms with Crippen molar-refractivity contribution in [3.63, 3.8) is 0 Å². The molecule has 1 unspecified atom stereocenters. The number of rotatable bonds is 14. The maximum absolute atomic E-state index is 13.5. The lowest BCUT2D eigenvalue weighted by Crippen LogP contribution is -2.49. The second kappa shape index (κ2) is 16.5. The van der Waals surface area contributed by atoms with Crippen molar-refractivity contribution in [2.45, 2.75) is 90.5 Å². The summed E-state index contributed by atoms with van der Waals surface area (Å²) in [6, 6.07) is 23.0. The van der Waals surface area contributed by atoms with Gasteiger partial charge in [0, 0.05) is 48.6 Å². The molecule has 1 aliphatic heterocycles. The lowest BCUT2D eigenvalue weighted by Gasteiger charge is -2.24. The summed E-state index contributed by atoms with van der Waals surface area (Å²) in [6.45, 7) is 10.9. The number of likely N-dealkylation sites (tertiary alicyclic amines) is 1. The fraction of sp³-hybridized carbons (Fsp3) is 0.415. The molecule has 1 saturated heterocycles. The lowest BCUT2D eigenvalue weighted by atomic mass is 9.86. The zero-order chi connectivity index (χ0) is 33.9. The van der Waals surface area contributed by atoms with Crippen molar-refractivity contribution in [1.29, 1.82) is 0 Å². The van der Waals surface area contributed by atoms with Gasteiger partial charge in [0.1, 0.15) is 11.8 Å². The van der Waals surface area contributed by atoms with Gasteiger partial charge in [0.05, 0.1) is 6.61 Å². The highest BCUT2D eigenvalue weighted by molar-refractivity contribution is 5.97. The van der Waals surface area contributed by atoms with Gasteiger partial charge >= 0.3 is 0 Å². The molecule has 1 fully saturated rings. The average Bonchev–Trinajstić information content (AvgIpc) is 3.65. The summed E-state index contributed by atoms with van der Waals surface area (Å²) in [5.41, 5.74) is 5.53. The number of hydrogen-bond donors (Lipinski definition) is 1. The first kappa shape index (κ1) is 34.8. The number of unbranched alkanes of at least 4 members (excludes halogenated alkanes) is 4. The molecule has 2 amide bonds. The minimum atomic E-state index is -0.651. The minimum absolute atomic E-state index is 0.00276. The first-order valence-electron chi connectivity index (χ1n) is 17.6. The minimum Gasteiger partial charge on any atom is -0.494 e. The number of amides is 2. The molecule has 252 valence electrons. The van der Waals surface area contributed by atoms with Crippen LogP contribution in [0.1, 0.15) is 94.1 Å². The van der Waals surface area contributed by atoms with Crippen LogP contribution in [0.3, 0.4) is 0 Å². The van der Waals surface area contributed by atoms with Crippen LogP contribution in [0.2, 0.25) is 0 Å². The Morgan fingerprint density at radius 1 is 0.792 bits per heavy atom. The molecule has 0 aliphatic carbocycles. The van der Waals surface area contributed by atoms with Gasteiger partial charge in [0.2, 0.25) is 5.91 Å². The van der Waals surface area contributed by atoms with E-state index >= 15 is 0 Å². The quantitative estimate of drug-likeness (QED) is 0.139. The largest absolute Gasteiger partial charge is 0.494 e. The smallest absolute Gasteiger partial charge is 0.251 e. The fourth-order valence-corrected chi connectivity index (χ4v) is 6.01. The first-order chi connectivity index (χ1) is 23.2. The molecule has 1 atom stereocenters. The van der Waals surface area contributed by atoms with Gasteiger partial charge in [-0.3, -0.25) is 9.59 Å². The van der Waals surface area contributed by atoms with Crippen LogP contribution in [0.15, 0.2) is 85.2 Å². The lowest BCUT2D eigenvalue weighted by molar-refractivity contribution is -0.132. The van der Waals surface area contributed by atoms with Gasteiger partial charge in [-0.2, -0.15) is 0 Å². The van der Waals surface area contributed by atoms with E-state index < -0.39 is 6.04 Å². The van der Waals surface area contributed by atoms with Crippen LogP contribution in [0.4, 0.5) is 0 Å². The normalized spacial score (nSPS) is 13.7. The molecule has 0 spiro atoms. The summed E-state index contributed by atoms with van der Waals surface area (Å²) in [4.78, 5) is 38.0. The summed E-state index contributed by atoms with van der Waals surface area (Å²) in [6.07, 6.45) is 12.2. The number of nitrogens with one attached hydrogen (secondary N) is 1. The monoisotopic (exact) mass is 646 g/mol. The number of carbonyl (C=O) groups is 2. The van der Waals surface area contributed by atoms with Crippen LogP contribution in [0, 0.1) is 0 Å². The SMILES string of the molecule is CCCCCCCOc1ccc(-c2cnc(-c3ccc(CC(NC(=O)c4ccc(C(C)(C)C)cc4)C(=O)N4CCCC4)cc3)nc2)cc1. The Bertz CT molecular complexity index is 1600. The highest BCUT2D eigenvalue weighted by Gasteiger charge is 2.28. The molecule has 48 heavy (non-hydrogen) atoms. The molecule has 7 heteroatoms. The Kier molecular flexibility index (Phi) is 12.0. The molecule has 4 aromatic rings. The second-order valence-electron chi connectivity index (χ2n) is 13.9. The molecular formula is C41H50N4O3. The maximum Gasteiger partial charge on any atom is 0.251 e. The van der Waals surface area contributed by atoms with E-state index in [2.05, 4.69) is 43.0 Å². The fourth-order valence-electron chi connectivity index (χ4n) is 6.01. The molecule has 1 aromatic heterocycles. The molecule has 0 bridgehead atoms. The van der Waals surface area contributed by atoms with Crippen LogP contribution in [-0.4, -0.2) is 52.4 Å². The third-order valence-electron chi connectivity index (χ3n) is 9.04. The number of hydrogen-bond acceptors (Lipinski definition) is 5. The van der Waals surface area contributed by atoms with Crippen molar-refractivity contribution in [1.82, 2.24) is 20.2 Å². The van der Waals surface area contributed by atoms with E-state index in [1.165, 1.54) is 25.7 Å². The van der Waals surface area contributed by atoms with Crippen molar-refractivity contribution in [3.05, 3.63) is 102 Å². The molecule has 3 aromatic carbocycles. The highest BCUT2D eigenvalue weighted by atomic mass is 16.5. The van der Waals surface area contributed by atoms with Crippen LogP contribution in [0.5, 0.6) is 5.75 Å². The zero-order valence-corrected chi connectivity index (χ0v) is 29.0. The molecule has 2 heterocycles. The van der Waals surface area contributed by atoms with Gasteiger partial charge < -0.3 is 15.0 Å². The van der Waals surface area contributed by atoms with Crippen LogP contribution < -0.4 is 10.1 Å². The van der Waals surface area contributed by atoms with Crippen molar-refractivity contribution in [2.75, 3.05) is 19.7 Å². The summed E-state index contributed by atoms with van der Waals surface area (Å²) in [7, 11) is 0. The third-order valence-corrected chi connectivity index (χ3v) is 9.04. The van der Waals surface area contributed by atoms with E-state index in [9.17, 15) is 9.59 Å². The van der Waals surface area contributed by atoms with Crippen LogP contribution in [0.25, 0.3) is 22.5 Å². The van der Waals surface area contributed by atoms with E-state index in [0.29, 0.717) is 17.8 Å². The zero-order valence-electron chi connectivity index (χ0n) is 29.0. The molecule has 0 saturated carbocycles. The number of nitrogens with zero attached hydrogens (tertiary/aromatic N) is 3. The third kappa shape index (κ3) is 9.52. The number of carbonyl (C=O) groups excluding carboxylic acids is 2. The molecular weight excluding hydrogens is 596 g/mol.